The topological polar surface area (TPSA) is 48.7 Å². The molecule has 1 fully saturated rings. The first-order valence-electron chi connectivity index (χ1n) is 10.1. The molecule has 1 N–H and O–H groups in total. The van der Waals surface area contributed by atoms with Crippen molar-refractivity contribution in [2.45, 2.75) is 26.4 Å². The molecule has 1 aromatic heterocycles. The molecular weight excluding hydrogens is 393 g/mol. The SMILES string of the molecule is CN=C(NCCc1c(C)nn(C)c1C)N1CCN(c2cccc(C(F)(F)F)c2)CC1. The van der Waals surface area contributed by atoms with Gasteiger partial charge < -0.3 is 15.1 Å². The summed E-state index contributed by atoms with van der Waals surface area (Å²) in [7, 11) is 3.70. The molecule has 0 spiro atoms. The molecule has 2 heterocycles. The number of hydrogen-bond acceptors (Lipinski definition) is 3. The average Bonchev–Trinajstić information content (AvgIpc) is 2.96. The number of benzene rings is 1. The Morgan fingerprint density at radius 2 is 1.87 bits per heavy atom. The quantitative estimate of drug-likeness (QED) is 0.608. The molecule has 6 nitrogen and oxygen atoms in total. The fourth-order valence-corrected chi connectivity index (χ4v) is 3.87. The number of rotatable bonds is 4. The van der Waals surface area contributed by atoms with E-state index in [9.17, 15) is 13.2 Å². The van der Waals surface area contributed by atoms with Gasteiger partial charge in [0.15, 0.2) is 5.96 Å². The highest BCUT2D eigenvalue weighted by atomic mass is 19.4. The predicted octanol–water partition coefficient (Wildman–Crippen LogP) is 3.00. The number of anilines is 1. The van der Waals surface area contributed by atoms with E-state index >= 15 is 0 Å². The first-order valence-corrected chi connectivity index (χ1v) is 10.1. The lowest BCUT2D eigenvalue weighted by molar-refractivity contribution is -0.137. The molecule has 3 rings (SSSR count). The highest BCUT2D eigenvalue weighted by Crippen LogP contribution is 2.31. The third-order valence-electron chi connectivity index (χ3n) is 5.65. The van der Waals surface area contributed by atoms with E-state index in [2.05, 4.69) is 27.2 Å². The molecule has 1 aliphatic heterocycles. The number of hydrogen-bond donors (Lipinski definition) is 1. The van der Waals surface area contributed by atoms with Crippen LogP contribution in [-0.2, 0) is 19.6 Å². The van der Waals surface area contributed by atoms with E-state index in [1.807, 2.05) is 23.6 Å². The van der Waals surface area contributed by atoms with Gasteiger partial charge >= 0.3 is 6.18 Å². The van der Waals surface area contributed by atoms with Gasteiger partial charge in [-0.15, -0.1) is 0 Å². The van der Waals surface area contributed by atoms with Crippen molar-refractivity contribution in [2.24, 2.45) is 12.0 Å². The van der Waals surface area contributed by atoms with Crippen molar-refractivity contribution >= 4 is 11.6 Å². The van der Waals surface area contributed by atoms with Gasteiger partial charge in [0.2, 0.25) is 0 Å². The van der Waals surface area contributed by atoms with Crippen LogP contribution in [0.3, 0.4) is 0 Å². The van der Waals surface area contributed by atoms with Crippen molar-refractivity contribution in [1.29, 1.82) is 0 Å². The maximum Gasteiger partial charge on any atom is 0.416 e. The molecule has 0 atom stereocenters. The fourth-order valence-electron chi connectivity index (χ4n) is 3.87. The Labute approximate surface area is 175 Å². The Kier molecular flexibility index (Phi) is 6.58. The summed E-state index contributed by atoms with van der Waals surface area (Å²) in [5.74, 6) is 0.817. The van der Waals surface area contributed by atoms with Gasteiger partial charge in [0.1, 0.15) is 0 Å². The van der Waals surface area contributed by atoms with E-state index in [1.54, 1.807) is 13.1 Å². The monoisotopic (exact) mass is 422 g/mol. The van der Waals surface area contributed by atoms with E-state index < -0.39 is 11.7 Å². The summed E-state index contributed by atoms with van der Waals surface area (Å²) in [5.41, 5.74) is 3.45. The fraction of sp³-hybridized carbons (Fsp3) is 0.524. The summed E-state index contributed by atoms with van der Waals surface area (Å²) in [6.45, 7) is 7.50. The maximum absolute atomic E-state index is 13.0. The molecule has 0 saturated carbocycles. The Morgan fingerprint density at radius 3 is 2.43 bits per heavy atom. The Hall–Kier alpha value is -2.71. The summed E-state index contributed by atoms with van der Waals surface area (Å²) in [5, 5.41) is 7.86. The molecule has 164 valence electrons. The molecule has 30 heavy (non-hydrogen) atoms. The van der Waals surface area contributed by atoms with Crippen molar-refractivity contribution in [3.63, 3.8) is 0 Å². The zero-order valence-corrected chi connectivity index (χ0v) is 17.9. The normalized spacial score (nSPS) is 15.6. The van der Waals surface area contributed by atoms with Crippen LogP contribution in [0.25, 0.3) is 0 Å². The zero-order chi connectivity index (χ0) is 21.9. The second-order valence-corrected chi connectivity index (χ2v) is 7.52. The highest BCUT2D eigenvalue weighted by Gasteiger charge is 2.31. The van der Waals surface area contributed by atoms with Gasteiger partial charge in [-0.3, -0.25) is 9.67 Å². The minimum Gasteiger partial charge on any atom is -0.368 e. The van der Waals surface area contributed by atoms with Gasteiger partial charge in [-0.25, -0.2) is 0 Å². The third-order valence-corrected chi connectivity index (χ3v) is 5.65. The Balaban J connectivity index is 1.54. The van der Waals surface area contributed by atoms with Gasteiger partial charge in [0.05, 0.1) is 11.3 Å². The van der Waals surface area contributed by atoms with Crippen LogP contribution in [0.4, 0.5) is 18.9 Å². The predicted molar refractivity (Wildman–Crippen MR) is 113 cm³/mol. The van der Waals surface area contributed by atoms with E-state index in [1.165, 1.54) is 23.4 Å². The van der Waals surface area contributed by atoms with Crippen molar-refractivity contribution in [2.75, 3.05) is 44.7 Å². The van der Waals surface area contributed by atoms with Crippen molar-refractivity contribution in [3.05, 3.63) is 46.8 Å². The molecule has 9 heteroatoms. The van der Waals surface area contributed by atoms with E-state index in [4.69, 9.17) is 0 Å². The van der Waals surface area contributed by atoms with Gasteiger partial charge in [0, 0.05) is 58.2 Å². The molecule has 1 aliphatic rings. The molecule has 2 aromatic rings. The molecule has 1 aromatic carbocycles. The number of guanidine groups is 1. The van der Waals surface area contributed by atoms with E-state index in [0.29, 0.717) is 31.9 Å². The van der Waals surface area contributed by atoms with Crippen molar-refractivity contribution < 1.29 is 13.2 Å². The van der Waals surface area contributed by atoms with E-state index in [0.717, 1.165) is 30.7 Å². The first kappa shape index (κ1) is 22.0. The molecule has 0 amide bonds. The number of aryl methyl sites for hydroxylation is 2. The van der Waals surface area contributed by atoms with E-state index in [-0.39, 0.29) is 0 Å². The van der Waals surface area contributed by atoms with Crippen LogP contribution in [0.1, 0.15) is 22.5 Å². The van der Waals surface area contributed by atoms with Crippen LogP contribution < -0.4 is 10.2 Å². The Bertz CT molecular complexity index is 895. The summed E-state index contributed by atoms with van der Waals surface area (Å²) in [6, 6.07) is 5.53. The number of nitrogens with one attached hydrogen (secondary N) is 1. The minimum absolute atomic E-state index is 0.606. The van der Waals surface area contributed by atoms with Crippen molar-refractivity contribution in [1.82, 2.24) is 20.0 Å². The first-order chi connectivity index (χ1) is 14.2. The number of aliphatic imine (C=N–C) groups is 1. The molecule has 1 saturated heterocycles. The lowest BCUT2D eigenvalue weighted by Gasteiger charge is -2.37. The number of alkyl halides is 3. The molecular formula is C21H29F3N6. The second-order valence-electron chi connectivity index (χ2n) is 7.52. The lowest BCUT2D eigenvalue weighted by Crippen LogP contribution is -2.52. The number of piperazine rings is 1. The van der Waals surface area contributed by atoms with Crippen LogP contribution in [0.15, 0.2) is 29.3 Å². The van der Waals surface area contributed by atoms with Gasteiger partial charge in [-0.1, -0.05) is 6.07 Å². The second kappa shape index (κ2) is 8.97. The third kappa shape index (κ3) is 4.88. The van der Waals surface area contributed by atoms with Gasteiger partial charge in [0.25, 0.3) is 0 Å². The number of aromatic nitrogens is 2. The summed E-state index contributed by atoms with van der Waals surface area (Å²) >= 11 is 0. The van der Waals surface area contributed by atoms with Crippen LogP contribution >= 0.6 is 0 Å². The van der Waals surface area contributed by atoms with Crippen LogP contribution in [0.2, 0.25) is 0 Å². The van der Waals surface area contributed by atoms with Crippen LogP contribution in [0, 0.1) is 13.8 Å². The Morgan fingerprint density at radius 1 is 1.17 bits per heavy atom. The van der Waals surface area contributed by atoms with Crippen LogP contribution in [0.5, 0.6) is 0 Å². The standard InChI is InChI=1S/C21H29F3N6/c1-15-19(16(2)28(4)27-15)8-9-26-20(25-3)30-12-10-29(11-13-30)18-7-5-6-17(14-18)21(22,23)24/h5-7,14H,8-13H2,1-4H3,(H,25,26). The minimum atomic E-state index is -4.32. The summed E-state index contributed by atoms with van der Waals surface area (Å²) < 4.78 is 40.9. The molecule has 0 radical (unpaired) electrons. The van der Waals surface area contributed by atoms with Crippen LogP contribution in [-0.4, -0.2) is 60.4 Å². The molecule has 0 bridgehead atoms. The van der Waals surface area contributed by atoms with Gasteiger partial charge in [-0.05, 0) is 44.0 Å². The summed E-state index contributed by atoms with van der Waals surface area (Å²) in [6.07, 6.45) is -3.47. The summed E-state index contributed by atoms with van der Waals surface area (Å²) in [4.78, 5) is 8.51. The molecule has 0 unspecified atom stereocenters. The van der Waals surface area contributed by atoms with Crippen molar-refractivity contribution in [3.8, 4) is 0 Å². The highest BCUT2D eigenvalue weighted by molar-refractivity contribution is 5.80. The lowest BCUT2D eigenvalue weighted by atomic mass is 10.1. The maximum atomic E-state index is 13.0. The average molecular weight is 422 g/mol. The number of halogens is 3. The van der Waals surface area contributed by atoms with Gasteiger partial charge in [-0.2, -0.15) is 18.3 Å². The number of nitrogens with zero attached hydrogens (tertiary/aromatic N) is 5. The largest absolute Gasteiger partial charge is 0.416 e. The zero-order valence-electron chi connectivity index (χ0n) is 17.9. The molecule has 0 aliphatic carbocycles. The smallest absolute Gasteiger partial charge is 0.368 e.